The zero-order valence-electron chi connectivity index (χ0n) is 6.81. The predicted octanol–water partition coefficient (Wildman–Crippen LogP) is 4.01. The monoisotopic (exact) mass is 232 g/mol. The summed E-state index contributed by atoms with van der Waals surface area (Å²) >= 11 is 3.38. The van der Waals surface area contributed by atoms with Crippen LogP contribution in [-0.2, 0) is 0 Å². The Balaban J connectivity index is 3.81. The summed E-state index contributed by atoms with van der Waals surface area (Å²) < 4.78 is 1.04. The number of rotatable bonds is 4. The normalized spacial score (nSPS) is 12.5. The van der Waals surface area contributed by atoms with Gasteiger partial charge in [0.2, 0.25) is 0 Å². The van der Waals surface area contributed by atoms with Crippen molar-refractivity contribution in [2.24, 2.45) is 0 Å². The van der Waals surface area contributed by atoms with E-state index in [2.05, 4.69) is 44.7 Å². The fourth-order valence-electron chi connectivity index (χ4n) is 0.522. The van der Waals surface area contributed by atoms with E-state index in [0.717, 1.165) is 16.2 Å². The number of hydrogen-bond donors (Lipinski definition) is 0. The molecule has 0 nitrogen and oxygen atoms in total. The van der Waals surface area contributed by atoms with Crippen molar-refractivity contribution in [2.75, 3.05) is 0 Å². The van der Waals surface area contributed by atoms with Crippen molar-refractivity contribution < 1.29 is 0 Å². The molecule has 0 aromatic heterocycles. The lowest BCUT2D eigenvalue weighted by molar-refractivity contribution is 0.959. The molecule has 0 aromatic carbocycles. The number of unbranched alkanes of at least 4 members (excludes halogenated alkanes) is 1. The molecule has 0 aliphatic heterocycles. The summed E-state index contributed by atoms with van der Waals surface area (Å²) in [4.78, 5) is 0. The molecule has 0 fully saturated rings. The van der Waals surface area contributed by atoms with Crippen LogP contribution in [0.1, 0.15) is 19.8 Å². The van der Waals surface area contributed by atoms with Gasteiger partial charge >= 0.3 is 0 Å². The van der Waals surface area contributed by atoms with Gasteiger partial charge < -0.3 is 0 Å². The van der Waals surface area contributed by atoms with Crippen LogP contribution in [0.3, 0.4) is 0 Å². The molecule has 11 heavy (non-hydrogen) atoms. The average molecular weight is 233 g/mol. The van der Waals surface area contributed by atoms with Crippen LogP contribution in [0.25, 0.3) is 0 Å². The Bertz CT molecular complexity index is 180. The topological polar surface area (TPSA) is 0 Å². The molecule has 0 bridgehead atoms. The smallest absolute Gasteiger partial charge is 0.0240 e. The number of hydrogen-bond acceptors (Lipinski definition) is 0. The first-order valence-electron chi connectivity index (χ1n) is 3.65. The van der Waals surface area contributed by atoms with Crippen LogP contribution in [-0.4, -0.2) is 0 Å². The largest absolute Gasteiger partial charge is 0.105 e. The van der Waals surface area contributed by atoms with Gasteiger partial charge in [0.15, 0.2) is 0 Å². The van der Waals surface area contributed by atoms with Crippen molar-refractivity contribution in [3.63, 3.8) is 0 Å². The molecule has 62 valence electrons. The molecule has 0 rings (SSSR count). The van der Waals surface area contributed by atoms with Crippen LogP contribution in [0.15, 0.2) is 34.6 Å². The summed E-state index contributed by atoms with van der Waals surface area (Å²) in [5, 5.41) is 0.978. The molecule has 0 radical (unpaired) electrons. The van der Waals surface area contributed by atoms with Crippen LogP contribution < -0.4 is 0 Å². The van der Waals surface area contributed by atoms with Gasteiger partial charge in [-0.3, -0.25) is 0 Å². The molecule has 0 N–H and O–H groups in total. The fraction of sp³-hybridized carbons (Fsp3) is 0.333. The second-order valence-electron chi connectivity index (χ2n) is 2.26. The zero-order chi connectivity index (χ0) is 8.69. The Morgan fingerprint density at radius 2 is 2.27 bits per heavy atom. The molecule has 0 saturated heterocycles. The van der Waals surface area contributed by atoms with Gasteiger partial charge in [-0.05, 0) is 17.8 Å². The SMILES string of the molecule is C=C(P)/C(Br)=C\C=C/CCC. The first kappa shape index (κ1) is 11.1. The van der Waals surface area contributed by atoms with Gasteiger partial charge in [0.1, 0.15) is 0 Å². The third-order valence-electron chi connectivity index (χ3n) is 1.14. The first-order valence-corrected chi connectivity index (χ1v) is 5.02. The first-order chi connectivity index (χ1) is 5.18. The minimum Gasteiger partial charge on any atom is -0.105 e. The molecule has 0 amide bonds. The summed E-state index contributed by atoms with van der Waals surface area (Å²) in [6.07, 6.45) is 8.53. The maximum atomic E-state index is 3.77. The van der Waals surface area contributed by atoms with E-state index >= 15 is 0 Å². The van der Waals surface area contributed by atoms with Crippen LogP contribution in [0.4, 0.5) is 0 Å². The van der Waals surface area contributed by atoms with Gasteiger partial charge in [-0.15, -0.1) is 9.24 Å². The highest BCUT2D eigenvalue weighted by Gasteiger charge is 1.86. The third-order valence-corrected chi connectivity index (χ3v) is 2.65. The van der Waals surface area contributed by atoms with Gasteiger partial charge in [-0.25, -0.2) is 0 Å². The molecule has 0 heterocycles. The van der Waals surface area contributed by atoms with E-state index in [1.54, 1.807) is 0 Å². The van der Waals surface area contributed by atoms with Gasteiger partial charge in [-0.1, -0.05) is 48.0 Å². The minimum atomic E-state index is 0.978. The molecule has 0 aliphatic rings. The second kappa shape index (κ2) is 6.82. The van der Waals surface area contributed by atoms with E-state index in [9.17, 15) is 0 Å². The lowest BCUT2D eigenvalue weighted by atomic mass is 10.3. The van der Waals surface area contributed by atoms with E-state index in [4.69, 9.17) is 0 Å². The highest BCUT2D eigenvalue weighted by atomic mass is 79.9. The quantitative estimate of drug-likeness (QED) is 0.508. The second-order valence-corrected chi connectivity index (χ2v) is 3.81. The highest BCUT2D eigenvalue weighted by Crippen LogP contribution is 2.20. The summed E-state index contributed by atoms with van der Waals surface area (Å²) in [7, 11) is 2.55. The molecule has 1 atom stereocenters. The minimum absolute atomic E-state index is 0.978. The Kier molecular flexibility index (Phi) is 6.90. The Hall–Kier alpha value is 0.130. The maximum absolute atomic E-state index is 3.77. The Morgan fingerprint density at radius 3 is 2.73 bits per heavy atom. The lowest BCUT2D eigenvalue weighted by Gasteiger charge is -1.91. The summed E-state index contributed by atoms with van der Waals surface area (Å²) in [5.41, 5.74) is 0. The molecular weight excluding hydrogens is 219 g/mol. The van der Waals surface area contributed by atoms with Gasteiger partial charge in [0, 0.05) is 4.48 Å². The molecular formula is C9H14BrP. The van der Waals surface area contributed by atoms with Gasteiger partial charge in [0.25, 0.3) is 0 Å². The summed E-state index contributed by atoms with van der Waals surface area (Å²) in [5.74, 6) is 0. The lowest BCUT2D eigenvalue weighted by Crippen LogP contribution is -1.65. The summed E-state index contributed by atoms with van der Waals surface area (Å²) in [6, 6.07) is 0. The van der Waals surface area contributed by atoms with E-state index in [0.29, 0.717) is 0 Å². The van der Waals surface area contributed by atoms with Crippen molar-refractivity contribution in [2.45, 2.75) is 19.8 Å². The molecule has 0 aromatic rings. The van der Waals surface area contributed by atoms with E-state index in [1.165, 1.54) is 6.42 Å². The van der Waals surface area contributed by atoms with Crippen LogP contribution in [0.2, 0.25) is 0 Å². The Labute approximate surface area is 79.8 Å². The van der Waals surface area contributed by atoms with E-state index in [-0.39, 0.29) is 0 Å². The van der Waals surface area contributed by atoms with Crippen molar-refractivity contribution in [1.82, 2.24) is 0 Å². The van der Waals surface area contributed by atoms with Crippen LogP contribution in [0, 0.1) is 0 Å². The Morgan fingerprint density at radius 1 is 1.64 bits per heavy atom. The van der Waals surface area contributed by atoms with Gasteiger partial charge in [-0.2, -0.15) is 0 Å². The number of halogens is 1. The average Bonchev–Trinajstić information content (AvgIpc) is 1.97. The number of allylic oxidation sites excluding steroid dienone is 5. The predicted molar refractivity (Wildman–Crippen MR) is 59.9 cm³/mol. The molecule has 1 unspecified atom stereocenters. The maximum Gasteiger partial charge on any atom is 0.0240 e. The highest BCUT2D eigenvalue weighted by molar-refractivity contribution is 9.12. The molecule has 0 aliphatic carbocycles. The third kappa shape index (κ3) is 6.52. The van der Waals surface area contributed by atoms with Crippen molar-refractivity contribution >= 4 is 25.2 Å². The molecule has 0 saturated carbocycles. The van der Waals surface area contributed by atoms with Crippen LogP contribution in [0.5, 0.6) is 0 Å². The molecule has 2 heteroatoms. The van der Waals surface area contributed by atoms with E-state index < -0.39 is 0 Å². The van der Waals surface area contributed by atoms with Crippen molar-refractivity contribution in [1.29, 1.82) is 0 Å². The summed E-state index contributed by atoms with van der Waals surface area (Å²) in [6.45, 7) is 5.93. The zero-order valence-corrected chi connectivity index (χ0v) is 9.55. The standard InChI is InChI=1S/C9H14BrP/c1-3-4-5-6-7-9(10)8(2)11/h5-7H,2-4,11H2,1H3/b6-5-,9-7+. The van der Waals surface area contributed by atoms with E-state index in [1.807, 2.05) is 12.2 Å². The van der Waals surface area contributed by atoms with Crippen molar-refractivity contribution in [3.8, 4) is 0 Å². The van der Waals surface area contributed by atoms with Crippen LogP contribution >= 0.6 is 25.2 Å². The molecule has 0 spiro atoms. The van der Waals surface area contributed by atoms with Crippen molar-refractivity contribution in [3.05, 3.63) is 34.6 Å². The fourth-order valence-corrected chi connectivity index (χ4v) is 0.771. The van der Waals surface area contributed by atoms with Gasteiger partial charge in [0.05, 0.1) is 0 Å².